The molecule has 0 radical (unpaired) electrons. The fourth-order valence-corrected chi connectivity index (χ4v) is 3.14. The first-order valence-corrected chi connectivity index (χ1v) is 8.15. The second-order valence-corrected chi connectivity index (χ2v) is 6.00. The highest BCUT2D eigenvalue weighted by Crippen LogP contribution is 2.41. The Labute approximate surface area is 155 Å². The SMILES string of the molecule is COc1ccc(-c2c(-c3cc(Cl)c(OC)c(OC)c3)ncn2C)cc1F. The summed E-state index contributed by atoms with van der Waals surface area (Å²) < 4.78 is 31.6. The maximum Gasteiger partial charge on any atom is 0.179 e. The Bertz CT molecular complexity index is 956. The van der Waals surface area contributed by atoms with Gasteiger partial charge in [0.1, 0.15) is 0 Å². The van der Waals surface area contributed by atoms with Crippen LogP contribution in [-0.4, -0.2) is 30.9 Å². The molecule has 0 aliphatic heterocycles. The summed E-state index contributed by atoms with van der Waals surface area (Å²) >= 11 is 6.32. The second kappa shape index (κ2) is 7.25. The third-order valence-corrected chi connectivity index (χ3v) is 4.35. The molecule has 5 nitrogen and oxygen atoms in total. The zero-order chi connectivity index (χ0) is 18.8. The molecule has 136 valence electrons. The lowest BCUT2D eigenvalue weighted by atomic mass is 10.0. The van der Waals surface area contributed by atoms with Crippen LogP contribution in [0.3, 0.4) is 0 Å². The molecule has 0 spiro atoms. The Kier molecular flexibility index (Phi) is 5.04. The second-order valence-electron chi connectivity index (χ2n) is 5.60. The Morgan fingerprint density at radius 2 is 1.69 bits per heavy atom. The summed E-state index contributed by atoms with van der Waals surface area (Å²) in [5.41, 5.74) is 2.80. The lowest BCUT2D eigenvalue weighted by Crippen LogP contribution is -1.96. The molecule has 26 heavy (non-hydrogen) atoms. The standard InChI is InChI=1S/C19H18ClFN2O3/c1-23-10-22-17(12-7-13(20)19(26-4)16(9-12)25-3)18(23)11-5-6-15(24-2)14(21)8-11/h5-10H,1-4H3. The van der Waals surface area contributed by atoms with Gasteiger partial charge >= 0.3 is 0 Å². The van der Waals surface area contributed by atoms with Crippen LogP contribution in [0.15, 0.2) is 36.7 Å². The van der Waals surface area contributed by atoms with Gasteiger partial charge in [-0.3, -0.25) is 0 Å². The van der Waals surface area contributed by atoms with Gasteiger partial charge in [-0.05, 0) is 30.3 Å². The van der Waals surface area contributed by atoms with E-state index in [0.29, 0.717) is 27.8 Å². The molecular weight excluding hydrogens is 359 g/mol. The van der Waals surface area contributed by atoms with Crippen LogP contribution < -0.4 is 14.2 Å². The van der Waals surface area contributed by atoms with Crippen LogP contribution in [0.5, 0.6) is 17.2 Å². The summed E-state index contributed by atoms with van der Waals surface area (Å²) in [5, 5.41) is 0.402. The number of hydrogen-bond acceptors (Lipinski definition) is 4. The van der Waals surface area contributed by atoms with E-state index in [2.05, 4.69) is 4.98 Å². The fourth-order valence-electron chi connectivity index (χ4n) is 2.85. The van der Waals surface area contributed by atoms with E-state index in [-0.39, 0.29) is 5.75 Å². The van der Waals surface area contributed by atoms with Gasteiger partial charge in [0.25, 0.3) is 0 Å². The van der Waals surface area contributed by atoms with Gasteiger partial charge < -0.3 is 18.8 Å². The molecule has 0 fully saturated rings. The molecule has 0 bridgehead atoms. The predicted molar refractivity (Wildman–Crippen MR) is 98.7 cm³/mol. The van der Waals surface area contributed by atoms with Crippen molar-refractivity contribution in [3.63, 3.8) is 0 Å². The van der Waals surface area contributed by atoms with Crippen LogP contribution in [0.1, 0.15) is 0 Å². The maximum absolute atomic E-state index is 14.2. The molecule has 0 amide bonds. The molecule has 0 N–H and O–H groups in total. The van der Waals surface area contributed by atoms with E-state index in [9.17, 15) is 4.39 Å². The van der Waals surface area contributed by atoms with E-state index in [1.165, 1.54) is 27.4 Å². The van der Waals surface area contributed by atoms with Gasteiger partial charge in [-0.1, -0.05) is 11.6 Å². The van der Waals surface area contributed by atoms with Crippen molar-refractivity contribution in [1.82, 2.24) is 9.55 Å². The molecule has 0 saturated carbocycles. The molecular formula is C19H18ClFN2O3. The molecule has 1 aromatic heterocycles. The molecule has 2 aromatic carbocycles. The van der Waals surface area contributed by atoms with Crippen molar-refractivity contribution in [1.29, 1.82) is 0 Å². The third kappa shape index (κ3) is 3.08. The number of rotatable bonds is 5. The number of ether oxygens (including phenoxy) is 3. The molecule has 3 aromatic rings. The van der Waals surface area contributed by atoms with Crippen LogP contribution in [0.4, 0.5) is 4.39 Å². The smallest absolute Gasteiger partial charge is 0.179 e. The highest BCUT2D eigenvalue weighted by atomic mass is 35.5. The number of benzene rings is 2. The molecule has 0 atom stereocenters. The highest BCUT2D eigenvalue weighted by molar-refractivity contribution is 6.32. The van der Waals surface area contributed by atoms with E-state index in [4.69, 9.17) is 25.8 Å². The number of nitrogens with zero attached hydrogens (tertiary/aromatic N) is 2. The minimum atomic E-state index is -0.442. The molecule has 7 heteroatoms. The van der Waals surface area contributed by atoms with E-state index < -0.39 is 5.82 Å². The Hall–Kier alpha value is -2.73. The minimum Gasteiger partial charge on any atom is -0.494 e. The zero-order valence-corrected chi connectivity index (χ0v) is 15.6. The van der Waals surface area contributed by atoms with Crippen LogP contribution in [0.2, 0.25) is 5.02 Å². The number of imidazole rings is 1. The normalized spacial score (nSPS) is 10.7. The van der Waals surface area contributed by atoms with Crippen molar-refractivity contribution in [2.24, 2.45) is 7.05 Å². The number of hydrogen-bond donors (Lipinski definition) is 0. The summed E-state index contributed by atoms with van der Waals surface area (Å²) in [6.07, 6.45) is 1.66. The predicted octanol–water partition coefficient (Wildman–Crippen LogP) is 4.57. The van der Waals surface area contributed by atoms with E-state index >= 15 is 0 Å². The van der Waals surface area contributed by atoms with Crippen molar-refractivity contribution >= 4 is 11.6 Å². The summed E-state index contributed by atoms with van der Waals surface area (Å²) in [5.74, 6) is 0.688. The third-order valence-electron chi connectivity index (χ3n) is 4.07. The fraction of sp³-hybridized carbons (Fsp3) is 0.211. The van der Waals surface area contributed by atoms with Gasteiger partial charge in [-0.15, -0.1) is 0 Å². The van der Waals surface area contributed by atoms with Crippen molar-refractivity contribution in [3.8, 4) is 39.8 Å². The molecule has 0 saturated heterocycles. The van der Waals surface area contributed by atoms with Crippen molar-refractivity contribution in [3.05, 3.63) is 47.5 Å². The van der Waals surface area contributed by atoms with E-state index in [1.54, 1.807) is 30.6 Å². The summed E-state index contributed by atoms with van der Waals surface area (Å²) in [7, 11) is 6.33. The topological polar surface area (TPSA) is 45.5 Å². The first-order valence-electron chi connectivity index (χ1n) is 7.77. The van der Waals surface area contributed by atoms with Crippen molar-refractivity contribution in [2.75, 3.05) is 21.3 Å². The largest absolute Gasteiger partial charge is 0.494 e. The number of aromatic nitrogens is 2. The Balaban J connectivity index is 2.18. The van der Waals surface area contributed by atoms with Crippen LogP contribution in [0.25, 0.3) is 22.5 Å². The number of aryl methyl sites for hydroxylation is 1. The number of methoxy groups -OCH3 is 3. The lowest BCUT2D eigenvalue weighted by molar-refractivity contribution is 0.355. The quantitative estimate of drug-likeness (QED) is 0.654. The van der Waals surface area contributed by atoms with Crippen molar-refractivity contribution < 1.29 is 18.6 Å². The van der Waals surface area contributed by atoms with Gasteiger partial charge in [-0.2, -0.15) is 0 Å². The van der Waals surface area contributed by atoms with Crippen LogP contribution in [-0.2, 0) is 7.05 Å². The monoisotopic (exact) mass is 376 g/mol. The summed E-state index contributed by atoms with van der Waals surface area (Å²) in [6.45, 7) is 0. The van der Waals surface area contributed by atoms with Gasteiger partial charge in [-0.25, -0.2) is 9.37 Å². The van der Waals surface area contributed by atoms with Crippen molar-refractivity contribution in [2.45, 2.75) is 0 Å². The summed E-state index contributed by atoms with van der Waals surface area (Å²) in [4.78, 5) is 4.46. The highest BCUT2D eigenvalue weighted by Gasteiger charge is 2.19. The molecule has 0 aliphatic rings. The lowest BCUT2D eigenvalue weighted by Gasteiger charge is -2.13. The molecule has 3 rings (SSSR count). The van der Waals surface area contributed by atoms with Crippen LogP contribution in [0, 0.1) is 5.82 Å². The van der Waals surface area contributed by atoms with Gasteiger partial charge in [0.2, 0.25) is 0 Å². The van der Waals surface area contributed by atoms with Gasteiger partial charge in [0.15, 0.2) is 23.1 Å². The van der Waals surface area contributed by atoms with Gasteiger partial charge in [0.05, 0.1) is 44.1 Å². The minimum absolute atomic E-state index is 0.187. The molecule has 0 unspecified atom stereocenters. The first-order chi connectivity index (χ1) is 12.5. The zero-order valence-electron chi connectivity index (χ0n) is 14.8. The van der Waals surface area contributed by atoms with Gasteiger partial charge in [0, 0.05) is 18.2 Å². The maximum atomic E-state index is 14.2. The average Bonchev–Trinajstić information content (AvgIpc) is 3.02. The van der Waals surface area contributed by atoms with E-state index in [0.717, 1.165) is 11.3 Å². The van der Waals surface area contributed by atoms with E-state index in [1.807, 2.05) is 11.6 Å². The first kappa shape index (κ1) is 18.1. The molecule has 1 heterocycles. The average molecular weight is 377 g/mol. The van der Waals surface area contributed by atoms with Crippen LogP contribution >= 0.6 is 11.6 Å². The number of halogens is 2. The Morgan fingerprint density at radius 3 is 2.31 bits per heavy atom. The Morgan fingerprint density at radius 1 is 0.962 bits per heavy atom. The summed E-state index contributed by atoms with van der Waals surface area (Å²) in [6, 6.07) is 8.32. The molecule has 0 aliphatic carbocycles.